The maximum Gasteiger partial charge on any atom is 0.272 e. The number of amides is 1. The number of hydrogen-bond donors (Lipinski definition) is 2. The number of benzene rings is 2. The van der Waals surface area contributed by atoms with Gasteiger partial charge in [-0.3, -0.25) is 20.0 Å². The monoisotopic (exact) mass is 367 g/mol. The van der Waals surface area contributed by atoms with Crippen molar-refractivity contribution >= 4 is 28.2 Å². The highest BCUT2D eigenvalue weighted by atomic mass is 16.6. The Balaban J connectivity index is 1.68. The maximum absolute atomic E-state index is 12.5. The first-order chi connectivity index (χ1) is 13.0. The molecule has 1 aromatic heterocycles. The minimum Gasteiger partial charge on any atom is -0.370 e. The Kier molecular flexibility index (Phi) is 5.35. The van der Waals surface area contributed by atoms with E-state index in [1.165, 1.54) is 17.7 Å². The van der Waals surface area contributed by atoms with Gasteiger partial charge in [-0.25, -0.2) is 0 Å². The number of non-ortho nitro benzene ring substituents is 1. The second kappa shape index (κ2) is 7.86. The lowest BCUT2D eigenvalue weighted by atomic mass is 10.2. The van der Waals surface area contributed by atoms with Gasteiger partial charge in [0.1, 0.15) is 0 Å². The van der Waals surface area contributed by atoms with Crippen LogP contribution in [0.1, 0.15) is 23.0 Å². The number of nitro groups is 1. The Morgan fingerprint density at radius 2 is 2.11 bits per heavy atom. The van der Waals surface area contributed by atoms with Crippen LogP contribution in [0.4, 0.5) is 11.4 Å². The van der Waals surface area contributed by atoms with Crippen molar-refractivity contribution in [1.82, 2.24) is 15.5 Å². The molecule has 0 aliphatic heterocycles. The van der Waals surface area contributed by atoms with E-state index in [0.717, 1.165) is 12.2 Å². The smallest absolute Gasteiger partial charge is 0.272 e. The molecule has 8 heteroatoms. The highest BCUT2D eigenvalue weighted by Crippen LogP contribution is 2.22. The Morgan fingerprint density at radius 3 is 2.81 bits per heavy atom. The topological polar surface area (TPSA) is 104 Å². The summed E-state index contributed by atoms with van der Waals surface area (Å²) in [5.74, 6) is -0.359. The normalized spacial score (nSPS) is 10.7. The number of nitrogens with zero attached hydrogens (tertiary/aromatic N) is 3. The molecule has 0 bridgehead atoms. The maximum atomic E-state index is 12.5. The van der Waals surface area contributed by atoms with Gasteiger partial charge in [-0.1, -0.05) is 12.1 Å². The lowest BCUT2D eigenvalue weighted by molar-refractivity contribution is -0.384. The third-order valence-electron chi connectivity index (χ3n) is 4.39. The van der Waals surface area contributed by atoms with Crippen LogP contribution >= 0.6 is 0 Å². The molecule has 2 aromatic carbocycles. The third kappa shape index (κ3) is 4.05. The molecule has 0 fully saturated rings. The fourth-order valence-electron chi connectivity index (χ4n) is 2.97. The summed E-state index contributed by atoms with van der Waals surface area (Å²) in [4.78, 5) is 25.1. The lowest BCUT2D eigenvalue weighted by Crippen LogP contribution is -2.35. The van der Waals surface area contributed by atoms with Gasteiger partial charge in [-0.05, 0) is 37.6 Å². The summed E-state index contributed by atoms with van der Waals surface area (Å²) in [6.45, 7) is 6.00. The molecule has 1 amide bonds. The van der Waals surface area contributed by atoms with Crippen molar-refractivity contribution in [2.24, 2.45) is 0 Å². The molecule has 0 radical (unpaired) electrons. The molecule has 27 heavy (non-hydrogen) atoms. The summed E-state index contributed by atoms with van der Waals surface area (Å²) in [5, 5.41) is 21.0. The molecule has 140 valence electrons. The number of fused-ring (bicyclic) bond motifs is 1. The number of nitrogens with one attached hydrogen (secondary N) is 2. The van der Waals surface area contributed by atoms with E-state index in [1.807, 2.05) is 25.1 Å². The van der Waals surface area contributed by atoms with Crippen LogP contribution in [0.15, 0.2) is 42.5 Å². The minimum atomic E-state index is -0.491. The zero-order valence-corrected chi connectivity index (χ0v) is 15.2. The van der Waals surface area contributed by atoms with Gasteiger partial charge in [0.05, 0.1) is 10.4 Å². The Bertz CT molecular complexity index is 982. The number of hydrogen-bond acceptors (Lipinski definition) is 5. The summed E-state index contributed by atoms with van der Waals surface area (Å²) in [6, 6.07) is 12.5. The number of nitro benzene ring substituents is 1. The number of aromatic amines is 1. The van der Waals surface area contributed by atoms with Gasteiger partial charge in [0.15, 0.2) is 5.69 Å². The highest BCUT2D eigenvalue weighted by Gasteiger charge is 2.17. The van der Waals surface area contributed by atoms with Crippen molar-refractivity contribution in [3.05, 3.63) is 63.8 Å². The average Bonchev–Trinajstić information content (AvgIpc) is 3.08. The molecule has 0 aliphatic rings. The highest BCUT2D eigenvalue weighted by molar-refractivity contribution is 6.05. The number of anilines is 1. The molecule has 3 aromatic rings. The second-order valence-electron chi connectivity index (χ2n) is 6.23. The number of carbonyl (C=O) groups is 1. The Labute approximate surface area is 156 Å². The van der Waals surface area contributed by atoms with E-state index in [0.29, 0.717) is 24.0 Å². The average molecular weight is 367 g/mol. The van der Waals surface area contributed by atoms with Crippen molar-refractivity contribution in [3.63, 3.8) is 0 Å². The van der Waals surface area contributed by atoms with Crippen LogP contribution < -0.4 is 10.2 Å². The van der Waals surface area contributed by atoms with E-state index in [-0.39, 0.29) is 17.3 Å². The van der Waals surface area contributed by atoms with Crippen LogP contribution in [0.5, 0.6) is 0 Å². The van der Waals surface area contributed by atoms with E-state index in [9.17, 15) is 14.9 Å². The molecule has 1 heterocycles. The van der Waals surface area contributed by atoms with Crippen molar-refractivity contribution in [2.75, 3.05) is 24.5 Å². The predicted molar refractivity (Wildman–Crippen MR) is 104 cm³/mol. The molecule has 0 unspecified atom stereocenters. The summed E-state index contributed by atoms with van der Waals surface area (Å²) >= 11 is 0. The van der Waals surface area contributed by atoms with E-state index in [4.69, 9.17) is 0 Å². The van der Waals surface area contributed by atoms with Gasteiger partial charge in [0.25, 0.3) is 11.6 Å². The number of aryl methyl sites for hydroxylation is 1. The quantitative estimate of drug-likeness (QED) is 0.493. The van der Waals surface area contributed by atoms with Crippen LogP contribution in [0.25, 0.3) is 10.9 Å². The van der Waals surface area contributed by atoms with Crippen LogP contribution in [-0.4, -0.2) is 40.7 Å². The molecule has 8 nitrogen and oxygen atoms in total. The third-order valence-corrected chi connectivity index (χ3v) is 4.39. The molecule has 0 saturated carbocycles. The predicted octanol–water partition coefficient (Wildman–Crippen LogP) is 3.04. The number of carbonyl (C=O) groups excluding carboxylic acids is 1. The number of H-pyrrole nitrogens is 1. The van der Waals surface area contributed by atoms with E-state index >= 15 is 0 Å². The lowest BCUT2D eigenvalue weighted by Gasteiger charge is -2.23. The summed E-state index contributed by atoms with van der Waals surface area (Å²) in [6.07, 6.45) is 0. The minimum absolute atomic E-state index is 0.0745. The van der Waals surface area contributed by atoms with Crippen LogP contribution in [0, 0.1) is 17.0 Å². The number of aromatic nitrogens is 2. The first-order valence-electron chi connectivity index (χ1n) is 8.72. The first-order valence-corrected chi connectivity index (χ1v) is 8.72. The zero-order valence-electron chi connectivity index (χ0n) is 15.2. The summed E-state index contributed by atoms with van der Waals surface area (Å²) in [7, 11) is 0. The summed E-state index contributed by atoms with van der Waals surface area (Å²) in [5.41, 5.74) is 2.95. The van der Waals surface area contributed by atoms with Gasteiger partial charge in [0.2, 0.25) is 0 Å². The molecular weight excluding hydrogens is 346 g/mol. The molecule has 0 atom stereocenters. The largest absolute Gasteiger partial charge is 0.370 e. The Hall–Kier alpha value is -3.42. The summed E-state index contributed by atoms with van der Waals surface area (Å²) < 4.78 is 0. The van der Waals surface area contributed by atoms with Crippen LogP contribution in [-0.2, 0) is 0 Å². The zero-order chi connectivity index (χ0) is 19.4. The van der Waals surface area contributed by atoms with E-state index in [2.05, 4.69) is 33.4 Å². The van der Waals surface area contributed by atoms with Gasteiger partial charge >= 0.3 is 0 Å². The van der Waals surface area contributed by atoms with Gasteiger partial charge in [-0.2, -0.15) is 5.10 Å². The van der Waals surface area contributed by atoms with Gasteiger partial charge in [-0.15, -0.1) is 0 Å². The fourth-order valence-corrected chi connectivity index (χ4v) is 2.97. The SMILES string of the molecule is CCN(CCNC(=O)c1n[nH]c2ccc([N+](=O)[O-])cc12)c1cccc(C)c1. The van der Waals surface area contributed by atoms with Crippen molar-refractivity contribution in [1.29, 1.82) is 0 Å². The first kappa shape index (κ1) is 18.4. The fraction of sp³-hybridized carbons (Fsp3) is 0.263. The molecule has 0 saturated heterocycles. The standard InChI is InChI=1S/C19H21N5O3/c1-3-23(14-6-4-5-13(2)11-14)10-9-20-19(25)18-16-12-15(24(26)27)7-8-17(16)21-22-18/h4-8,11-12H,3,9-10H2,1-2H3,(H,20,25)(H,21,22). The van der Waals surface area contributed by atoms with Crippen molar-refractivity contribution in [3.8, 4) is 0 Å². The van der Waals surface area contributed by atoms with Crippen molar-refractivity contribution < 1.29 is 9.72 Å². The second-order valence-corrected chi connectivity index (χ2v) is 6.23. The van der Waals surface area contributed by atoms with Crippen molar-refractivity contribution in [2.45, 2.75) is 13.8 Å². The van der Waals surface area contributed by atoms with Crippen LogP contribution in [0.3, 0.4) is 0 Å². The molecule has 2 N–H and O–H groups in total. The molecule has 3 rings (SSSR count). The molecule has 0 spiro atoms. The molecular formula is C19H21N5O3. The molecule has 0 aliphatic carbocycles. The van der Waals surface area contributed by atoms with Gasteiger partial charge < -0.3 is 10.2 Å². The Morgan fingerprint density at radius 1 is 1.30 bits per heavy atom. The van der Waals surface area contributed by atoms with Crippen LogP contribution in [0.2, 0.25) is 0 Å². The van der Waals surface area contributed by atoms with Gasteiger partial charge in [0, 0.05) is 42.8 Å². The van der Waals surface area contributed by atoms with E-state index < -0.39 is 4.92 Å². The number of rotatable bonds is 7. The number of likely N-dealkylation sites (N-methyl/N-ethyl adjacent to an activating group) is 1. The van der Waals surface area contributed by atoms with E-state index in [1.54, 1.807) is 6.07 Å².